The van der Waals surface area contributed by atoms with Crippen molar-refractivity contribution in [1.29, 1.82) is 0 Å². The molecule has 26 heavy (non-hydrogen) atoms. The molecule has 0 unspecified atom stereocenters. The van der Waals surface area contributed by atoms with Gasteiger partial charge in [0.15, 0.2) is 0 Å². The van der Waals surface area contributed by atoms with Crippen molar-refractivity contribution >= 4 is 17.3 Å². The molecule has 3 rings (SSSR count). The van der Waals surface area contributed by atoms with Gasteiger partial charge in [-0.25, -0.2) is 9.97 Å². The van der Waals surface area contributed by atoms with Crippen LogP contribution in [-0.4, -0.2) is 15.0 Å². The first-order valence-corrected chi connectivity index (χ1v) is 8.76. The van der Waals surface area contributed by atoms with Crippen LogP contribution in [0.3, 0.4) is 0 Å². The van der Waals surface area contributed by atoms with Crippen molar-refractivity contribution in [3.8, 4) is 0 Å². The van der Waals surface area contributed by atoms with Gasteiger partial charge < -0.3 is 10.6 Å². The van der Waals surface area contributed by atoms with Crippen LogP contribution in [0.2, 0.25) is 0 Å². The molecule has 0 aliphatic rings. The Morgan fingerprint density at radius 2 is 1.54 bits per heavy atom. The Morgan fingerprint density at radius 3 is 2.19 bits per heavy atom. The lowest BCUT2D eigenvalue weighted by molar-refractivity contribution is 0.590. The maximum absolute atomic E-state index is 4.48. The van der Waals surface area contributed by atoms with Crippen LogP contribution in [0.5, 0.6) is 0 Å². The van der Waals surface area contributed by atoms with Crippen LogP contribution in [0.15, 0.2) is 54.9 Å². The number of nitrogens with zero attached hydrogens (tertiary/aromatic N) is 3. The molecule has 5 nitrogen and oxygen atoms in total. The molecule has 0 spiro atoms. The molecule has 2 N–H and O–H groups in total. The number of hydrogen-bond acceptors (Lipinski definition) is 5. The Kier molecular flexibility index (Phi) is 5.16. The van der Waals surface area contributed by atoms with Crippen molar-refractivity contribution in [3.05, 3.63) is 71.8 Å². The zero-order valence-corrected chi connectivity index (χ0v) is 15.7. The number of anilines is 3. The van der Waals surface area contributed by atoms with Gasteiger partial charge in [-0.2, -0.15) is 0 Å². The molecule has 5 heteroatoms. The molecule has 0 atom stereocenters. The van der Waals surface area contributed by atoms with E-state index in [1.54, 1.807) is 12.4 Å². The molecule has 0 fully saturated rings. The minimum atomic E-state index is 0.147. The zero-order valence-electron chi connectivity index (χ0n) is 15.7. The summed E-state index contributed by atoms with van der Waals surface area (Å²) in [5.41, 5.74) is 3.62. The fourth-order valence-electron chi connectivity index (χ4n) is 2.62. The van der Waals surface area contributed by atoms with Crippen LogP contribution < -0.4 is 10.6 Å². The Labute approximate surface area is 154 Å². The van der Waals surface area contributed by atoms with Crippen LogP contribution in [-0.2, 0) is 12.0 Å². The highest BCUT2D eigenvalue weighted by Crippen LogP contribution is 2.25. The molecule has 2 aromatic heterocycles. The molecule has 134 valence electrons. The fraction of sp³-hybridized carbons (Fsp3) is 0.286. The second-order valence-corrected chi connectivity index (χ2v) is 7.35. The Balaban J connectivity index is 1.71. The molecule has 3 aromatic rings. The minimum absolute atomic E-state index is 0.147. The van der Waals surface area contributed by atoms with Gasteiger partial charge in [0, 0.05) is 30.7 Å². The number of rotatable bonds is 5. The van der Waals surface area contributed by atoms with Crippen LogP contribution in [0.25, 0.3) is 0 Å². The van der Waals surface area contributed by atoms with Gasteiger partial charge in [-0.1, -0.05) is 32.9 Å². The Hall–Kier alpha value is -2.95. The fourth-order valence-corrected chi connectivity index (χ4v) is 2.62. The molecule has 1 aromatic carbocycles. The number of hydrogen-bond donors (Lipinski definition) is 2. The number of pyridine rings is 1. The van der Waals surface area contributed by atoms with Gasteiger partial charge in [-0.3, -0.25) is 4.98 Å². The first-order valence-electron chi connectivity index (χ1n) is 8.76. The van der Waals surface area contributed by atoms with Crippen LogP contribution in [0.1, 0.15) is 37.7 Å². The molecule has 0 amide bonds. The van der Waals surface area contributed by atoms with Crippen molar-refractivity contribution in [1.82, 2.24) is 15.0 Å². The standard InChI is InChI=1S/C21H25N5/c1-15-24-19(23-14-16-9-11-22-12-10-16)13-20(25-15)26-18-7-5-17(6-8-18)21(2,3)4/h5-13H,14H2,1-4H3,(H2,23,24,25,26). The molecule has 0 aliphatic heterocycles. The lowest BCUT2D eigenvalue weighted by Crippen LogP contribution is -2.10. The zero-order chi connectivity index (χ0) is 18.6. The summed E-state index contributed by atoms with van der Waals surface area (Å²) in [4.78, 5) is 13.0. The summed E-state index contributed by atoms with van der Waals surface area (Å²) < 4.78 is 0. The summed E-state index contributed by atoms with van der Waals surface area (Å²) in [5.74, 6) is 2.29. The second-order valence-electron chi connectivity index (χ2n) is 7.35. The average Bonchev–Trinajstić information content (AvgIpc) is 2.60. The first kappa shape index (κ1) is 17.9. The van der Waals surface area contributed by atoms with Crippen LogP contribution in [0.4, 0.5) is 17.3 Å². The molecule has 0 bridgehead atoms. The van der Waals surface area contributed by atoms with E-state index in [0.29, 0.717) is 6.54 Å². The van der Waals surface area contributed by atoms with Gasteiger partial charge in [-0.15, -0.1) is 0 Å². The van der Waals surface area contributed by atoms with E-state index in [1.165, 1.54) is 5.56 Å². The van der Waals surface area contributed by atoms with Crippen LogP contribution in [0, 0.1) is 6.92 Å². The number of aromatic nitrogens is 3. The van der Waals surface area contributed by atoms with Gasteiger partial charge in [0.2, 0.25) is 0 Å². The monoisotopic (exact) mass is 347 g/mol. The third-order valence-corrected chi connectivity index (χ3v) is 4.08. The van der Waals surface area contributed by atoms with E-state index in [-0.39, 0.29) is 5.41 Å². The van der Waals surface area contributed by atoms with Gasteiger partial charge >= 0.3 is 0 Å². The van der Waals surface area contributed by atoms with E-state index in [2.05, 4.69) is 70.6 Å². The first-order chi connectivity index (χ1) is 12.4. The van der Waals surface area contributed by atoms with Crippen molar-refractivity contribution < 1.29 is 0 Å². The highest BCUT2D eigenvalue weighted by Gasteiger charge is 2.13. The van der Waals surface area contributed by atoms with E-state index >= 15 is 0 Å². The van der Waals surface area contributed by atoms with Crippen molar-refractivity contribution in [2.45, 2.75) is 39.7 Å². The smallest absolute Gasteiger partial charge is 0.136 e. The topological polar surface area (TPSA) is 62.7 Å². The van der Waals surface area contributed by atoms with E-state index < -0.39 is 0 Å². The van der Waals surface area contributed by atoms with Crippen LogP contribution >= 0.6 is 0 Å². The average molecular weight is 347 g/mol. The molecular formula is C21H25N5. The highest BCUT2D eigenvalue weighted by atomic mass is 15.1. The van der Waals surface area contributed by atoms with E-state index in [9.17, 15) is 0 Å². The maximum Gasteiger partial charge on any atom is 0.136 e. The van der Waals surface area contributed by atoms with Gasteiger partial charge in [0.05, 0.1) is 0 Å². The summed E-state index contributed by atoms with van der Waals surface area (Å²) in [6, 6.07) is 14.4. The van der Waals surface area contributed by atoms with E-state index in [0.717, 1.165) is 28.7 Å². The highest BCUT2D eigenvalue weighted by molar-refractivity contribution is 5.59. The Bertz CT molecular complexity index is 852. The molecule has 0 saturated carbocycles. The van der Waals surface area contributed by atoms with Crippen molar-refractivity contribution in [2.24, 2.45) is 0 Å². The Morgan fingerprint density at radius 1 is 0.885 bits per heavy atom. The van der Waals surface area contributed by atoms with Gasteiger partial charge in [-0.05, 0) is 47.7 Å². The lowest BCUT2D eigenvalue weighted by atomic mass is 9.87. The SMILES string of the molecule is Cc1nc(NCc2ccncc2)cc(Nc2ccc(C(C)(C)C)cc2)n1. The second kappa shape index (κ2) is 7.52. The number of aryl methyl sites for hydroxylation is 1. The summed E-state index contributed by atoms with van der Waals surface area (Å²) in [5, 5.41) is 6.70. The van der Waals surface area contributed by atoms with Gasteiger partial charge in [0.1, 0.15) is 17.5 Å². The molecule has 0 saturated heterocycles. The largest absolute Gasteiger partial charge is 0.366 e. The van der Waals surface area contributed by atoms with Crippen molar-refractivity contribution in [2.75, 3.05) is 10.6 Å². The third kappa shape index (κ3) is 4.79. The quantitative estimate of drug-likeness (QED) is 0.692. The predicted octanol–water partition coefficient (Wildman–Crippen LogP) is 4.83. The number of nitrogens with one attached hydrogen (secondary N) is 2. The normalized spacial score (nSPS) is 11.2. The summed E-state index contributed by atoms with van der Waals surface area (Å²) >= 11 is 0. The van der Waals surface area contributed by atoms with E-state index in [1.807, 2.05) is 25.1 Å². The lowest BCUT2D eigenvalue weighted by Gasteiger charge is -2.19. The van der Waals surface area contributed by atoms with Crippen molar-refractivity contribution in [3.63, 3.8) is 0 Å². The molecule has 2 heterocycles. The summed E-state index contributed by atoms with van der Waals surface area (Å²) in [6.07, 6.45) is 3.58. The maximum atomic E-state index is 4.48. The number of benzene rings is 1. The minimum Gasteiger partial charge on any atom is -0.366 e. The predicted molar refractivity (Wildman–Crippen MR) is 107 cm³/mol. The summed E-state index contributed by atoms with van der Waals surface area (Å²) in [6.45, 7) is 9.22. The molecule has 0 aliphatic carbocycles. The van der Waals surface area contributed by atoms with E-state index in [4.69, 9.17) is 0 Å². The summed E-state index contributed by atoms with van der Waals surface area (Å²) in [7, 11) is 0. The third-order valence-electron chi connectivity index (χ3n) is 4.08. The van der Waals surface area contributed by atoms with Gasteiger partial charge in [0.25, 0.3) is 0 Å². The molecule has 0 radical (unpaired) electrons. The molecular weight excluding hydrogens is 322 g/mol.